The summed E-state index contributed by atoms with van der Waals surface area (Å²) in [5, 5.41) is 31.0. The zero-order chi connectivity index (χ0) is 21.2. The van der Waals surface area contributed by atoms with Gasteiger partial charge in [-0.1, -0.05) is 0 Å². The lowest BCUT2D eigenvalue weighted by molar-refractivity contribution is -0.393. The molecule has 0 amide bonds. The molecule has 1 fully saturated rings. The van der Waals surface area contributed by atoms with E-state index in [-0.39, 0.29) is 42.4 Å². The minimum absolute atomic E-state index is 0.0614. The van der Waals surface area contributed by atoms with Crippen LogP contribution in [0.15, 0.2) is 47.4 Å². The summed E-state index contributed by atoms with van der Waals surface area (Å²) >= 11 is 0. The molecule has 0 saturated carbocycles. The number of rotatable bonds is 5. The summed E-state index contributed by atoms with van der Waals surface area (Å²) in [6, 6.07) is 10.9. The van der Waals surface area contributed by atoms with E-state index in [0.29, 0.717) is 5.56 Å². The molecular formula is C17H15N5O6S. The molecular weight excluding hydrogens is 402 g/mol. The minimum atomic E-state index is -3.76. The third-order valence-electron chi connectivity index (χ3n) is 4.57. The maximum absolute atomic E-state index is 12.8. The number of hydrogen-bond donors (Lipinski definition) is 0. The largest absolute Gasteiger partial charge is 0.363 e. The summed E-state index contributed by atoms with van der Waals surface area (Å²) in [5.74, 6) is 0. The fourth-order valence-electron chi connectivity index (χ4n) is 3.06. The van der Waals surface area contributed by atoms with Crippen LogP contribution in [0.1, 0.15) is 5.56 Å². The molecule has 1 saturated heterocycles. The topological polar surface area (TPSA) is 151 Å². The van der Waals surface area contributed by atoms with Crippen molar-refractivity contribution in [3.63, 3.8) is 0 Å². The third kappa shape index (κ3) is 4.00. The van der Waals surface area contributed by atoms with Gasteiger partial charge in [0.2, 0.25) is 10.0 Å². The zero-order valence-electron chi connectivity index (χ0n) is 15.0. The predicted molar refractivity (Wildman–Crippen MR) is 102 cm³/mol. The maximum Gasteiger partial charge on any atom is 0.299 e. The van der Waals surface area contributed by atoms with Gasteiger partial charge in [0.1, 0.15) is 5.69 Å². The Morgan fingerprint density at radius 3 is 2.07 bits per heavy atom. The van der Waals surface area contributed by atoms with Crippen molar-refractivity contribution in [3.05, 3.63) is 68.3 Å². The van der Waals surface area contributed by atoms with Gasteiger partial charge >= 0.3 is 0 Å². The van der Waals surface area contributed by atoms with E-state index in [9.17, 15) is 28.6 Å². The van der Waals surface area contributed by atoms with Crippen LogP contribution in [0.4, 0.5) is 17.1 Å². The number of anilines is 1. The molecule has 0 unspecified atom stereocenters. The van der Waals surface area contributed by atoms with E-state index in [1.807, 2.05) is 6.07 Å². The molecule has 150 valence electrons. The molecule has 1 aliphatic rings. The van der Waals surface area contributed by atoms with Crippen molar-refractivity contribution >= 4 is 27.1 Å². The molecule has 29 heavy (non-hydrogen) atoms. The Hall–Kier alpha value is -3.56. The van der Waals surface area contributed by atoms with E-state index in [2.05, 4.69) is 0 Å². The quantitative estimate of drug-likeness (QED) is 0.528. The van der Waals surface area contributed by atoms with E-state index < -0.39 is 25.6 Å². The second-order valence-electron chi connectivity index (χ2n) is 6.21. The summed E-state index contributed by atoms with van der Waals surface area (Å²) in [4.78, 5) is 22.5. The molecule has 11 nitrogen and oxygen atoms in total. The fourth-order valence-corrected chi connectivity index (χ4v) is 4.48. The lowest BCUT2D eigenvalue weighted by Gasteiger charge is -2.35. The first kappa shape index (κ1) is 20.2. The Labute approximate surface area is 165 Å². The molecule has 0 bridgehead atoms. The number of piperazine rings is 1. The van der Waals surface area contributed by atoms with E-state index in [4.69, 9.17) is 5.26 Å². The SMILES string of the molecule is N#Cc1ccc(S(=O)(=O)N2CCN(c3ccc([N+](=O)[O-])cc3[N+](=O)[O-])CC2)cc1. The van der Waals surface area contributed by atoms with Crippen LogP contribution in [0.3, 0.4) is 0 Å². The molecule has 1 heterocycles. The highest BCUT2D eigenvalue weighted by atomic mass is 32.2. The first-order valence-corrected chi connectivity index (χ1v) is 9.86. The van der Waals surface area contributed by atoms with Crippen LogP contribution in [-0.2, 0) is 10.0 Å². The fraction of sp³-hybridized carbons (Fsp3) is 0.235. The number of benzene rings is 2. The number of nitrogens with zero attached hydrogens (tertiary/aromatic N) is 5. The van der Waals surface area contributed by atoms with Crippen LogP contribution >= 0.6 is 0 Å². The van der Waals surface area contributed by atoms with Crippen molar-refractivity contribution in [2.75, 3.05) is 31.1 Å². The van der Waals surface area contributed by atoms with Crippen molar-refractivity contribution in [3.8, 4) is 6.07 Å². The Balaban J connectivity index is 1.79. The van der Waals surface area contributed by atoms with Crippen LogP contribution in [0, 0.1) is 31.6 Å². The number of sulfonamides is 1. The molecule has 1 aliphatic heterocycles. The predicted octanol–water partition coefficient (Wildman–Crippen LogP) is 1.89. The monoisotopic (exact) mass is 417 g/mol. The molecule has 0 radical (unpaired) electrons. The average Bonchev–Trinajstić information content (AvgIpc) is 2.73. The average molecular weight is 417 g/mol. The first-order valence-electron chi connectivity index (χ1n) is 8.42. The zero-order valence-corrected chi connectivity index (χ0v) is 15.8. The number of hydrogen-bond acceptors (Lipinski definition) is 8. The standard InChI is InChI=1S/C17H15N5O6S/c18-12-13-1-4-15(5-2-13)29(27,28)20-9-7-19(8-10-20)16-6-3-14(21(23)24)11-17(16)22(25)26/h1-6,11H,7-10H2. The number of nitro groups is 2. The maximum atomic E-state index is 12.8. The van der Waals surface area contributed by atoms with Gasteiger partial charge in [-0.2, -0.15) is 9.57 Å². The van der Waals surface area contributed by atoms with E-state index in [0.717, 1.165) is 6.07 Å². The van der Waals surface area contributed by atoms with Crippen molar-refractivity contribution in [2.45, 2.75) is 4.90 Å². The Bertz CT molecular complexity index is 1100. The lowest BCUT2D eigenvalue weighted by atomic mass is 10.2. The van der Waals surface area contributed by atoms with E-state index >= 15 is 0 Å². The second kappa shape index (κ2) is 7.82. The van der Waals surface area contributed by atoms with Crippen LogP contribution in [0.2, 0.25) is 0 Å². The van der Waals surface area contributed by atoms with Gasteiger partial charge in [0.25, 0.3) is 11.4 Å². The number of nitro benzene ring substituents is 2. The van der Waals surface area contributed by atoms with Crippen molar-refractivity contribution in [1.82, 2.24) is 4.31 Å². The lowest BCUT2D eigenvalue weighted by Crippen LogP contribution is -2.48. The molecule has 0 N–H and O–H groups in total. The Morgan fingerprint density at radius 2 is 1.55 bits per heavy atom. The summed E-state index contributed by atoms with van der Waals surface area (Å²) in [7, 11) is -3.76. The van der Waals surface area contributed by atoms with Crippen molar-refractivity contribution in [1.29, 1.82) is 5.26 Å². The summed E-state index contributed by atoms with van der Waals surface area (Å²) < 4.78 is 26.8. The molecule has 2 aromatic rings. The molecule has 0 aliphatic carbocycles. The number of nitriles is 1. The van der Waals surface area contributed by atoms with Crippen LogP contribution in [0.25, 0.3) is 0 Å². The van der Waals surface area contributed by atoms with Gasteiger partial charge < -0.3 is 4.90 Å². The van der Waals surface area contributed by atoms with Gasteiger partial charge in [-0.05, 0) is 30.3 Å². The van der Waals surface area contributed by atoms with Crippen LogP contribution in [-0.4, -0.2) is 48.7 Å². The Kier molecular flexibility index (Phi) is 5.44. The van der Waals surface area contributed by atoms with Crippen LogP contribution < -0.4 is 4.90 Å². The first-order chi connectivity index (χ1) is 13.7. The molecule has 0 aromatic heterocycles. The molecule has 0 spiro atoms. The van der Waals surface area contributed by atoms with Gasteiger partial charge in [-0.25, -0.2) is 8.42 Å². The minimum Gasteiger partial charge on any atom is -0.363 e. The van der Waals surface area contributed by atoms with E-state index in [1.54, 1.807) is 4.90 Å². The van der Waals surface area contributed by atoms with E-state index in [1.165, 1.54) is 40.7 Å². The van der Waals surface area contributed by atoms with Gasteiger partial charge in [-0.3, -0.25) is 20.2 Å². The smallest absolute Gasteiger partial charge is 0.299 e. The van der Waals surface area contributed by atoms with Crippen molar-refractivity contribution in [2.24, 2.45) is 0 Å². The summed E-state index contributed by atoms with van der Waals surface area (Å²) in [6.45, 7) is 0.565. The highest BCUT2D eigenvalue weighted by molar-refractivity contribution is 7.89. The molecule has 3 rings (SSSR count). The van der Waals surface area contributed by atoms with Crippen molar-refractivity contribution < 1.29 is 18.3 Å². The number of non-ortho nitro benzene ring substituents is 1. The van der Waals surface area contributed by atoms with Gasteiger partial charge in [0.15, 0.2) is 0 Å². The highest BCUT2D eigenvalue weighted by Gasteiger charge is 2.31. The second-order valence-corrected chi connectivity index (χ2v) is 8.15. The summed E-state index contributed by atoms with van der Waals surface area (Å²) in [6.07, 6.45) is 0. The highest BCUT2D eigenvalue weighted by Crippen LogP contribution is 2.33. The molecule has 2 aromatic carbocycles. The van der Waals surface area contributed by atoms with Gasteiger partial charge in [0, 0.05) is 32.2 Å². The molecule has 0 atom stereocenters. The summed E-state index contributed by atoms with van der Waals surface area (Å²) in [5.41, 5.74) is -0.236. The normalized spacial score (nSPS) is 14.9. The van der Waals surface area contributed by atoms with Gasteiger partial charge in [0.05, 0.1) is 32.4 Å². The molecule has 12 heteroatoms. The van der Waals surface area contributed by atoms with Crippen LogP contribution in [0.5, 0.6) is 0 Å². The Morgan fingerprint density at radius 1 is 0.931 bits per heavy atom. The third-order valence-corrected chi connectivity index (χ3v) is 6.48. The van der Waals surface area contributed by atoms with Gasteiger partial charge in [-0.15, -0.1) is 0 Å².